The number of carbonyl (C=O) groups excluding carboxylic acids is 3. The maximum atomic E-state index is 14.1. The van der Waals surface area contributed by atoms with Crippen molar-refractivity contribution in [3.63, 3.8) is 0 Å². The number of piperazine rings is 1. The molecule has 188 valence electrons. The molecule has 1 N–H and O–H groups in total. The van der Waals surface area contributed by atoms with Crippen molar-refractivity contribution >= 4 is 34.9 Å². The first kappa shape index (κ1) is 23.7. The maximum Gasteiger partial charge on any atom is 0.416 e. The molecule has 3 heterocycles. The van der Waals surface area contributed by atoms with Gasteiger partial charge < -0.3 is 9.80 Å². The second-order valence-corrected chi connectivity index (χ2v) is 9.14. The SMILES string of the molecule is CN1CCN2c3ccc([N+](=O)[O-])cc3C[C@@]3(C(=O)NC(=O)N(c4cccc(C(F)(F)F)c4)C3=O)[C@@H]2C1. The van der Waals surface area contributed by atoms with E-state index in [4.69, 9.17) is 0 Å². The summed E-state index contributed by atoms with van der Waals surface area (Å²) in [6, 6.07) is 6.02. The first-order valence-corrected chi connectivity index (χ1v) is 11.0. The quantitative estimate of drug-likeness (QED) is 0.380. The Labute approximate surface area is 202 Å². The zero-order valence-electron chi connectivity index (χ0n) is 18.9. The van der Waals surface area contributed by atoms with Gasteiger partial charge in [0.15, 0.2) is 5.41 Å². The molecule has 2 saturated heterocycles. The molecule has 2 fully saturated rings. The van der Waals surface area contributed by atoms with E-state index in [1.165, 1.54) is 18.2 Å². The van der Waals surface area contributed by atoms with E-state index in [9.17, 15) is 37.7 Å². The molecular weight excluding hydrogens is 483 g/mol. The van der Waals surface area contributed by atoms with Crippen LogP contribution in [0.5, 0.6) is 0 Å². The van der Waals surface area contributed by atoms with Crippen LogP contribution in [-0.4, -0.2) is 60.4 Å². The number of nitrogens with zero attached hydrogens (tertiary/aromatic N) is 4. The number of fused-ring (bicyclic) bond motifs is 4. The predicted octanol–water partition coefficient (Wildman–Crippen LogP) is 2.56. The zero-order chi connectivity index (χ0) is 26.0. The third-order valence-corrected chi connectivity index (χ3v) is 7.05. The second kappa shape index (κ2) is 8.01. The van der Waals surface area contributed by atoms with Crippen molar-refractivity contribution < 1.29 is 32.5 Å². The van der Waals surface area contributed by atoms with Crippen molar-refractivity contribution in [2.24, 2.45) is 5.41 Å². The van der Waals surface area contributed by atoms with Crippen LogP contribution in [0.4, 0.5) is 35.0 Å². The van der Waals surface area contributed by atoms with Gasteiger partial charge in [-0.3, -0.25) is 25.0 Å². The Morgan fingerprint density at radius 2 is 1.86 bits per heavy atom. The van der Waals surface area contributed by atoms with Crippen molar-refractivity contribution in [2.75, 3.05) is 36.5 Å². The molecule has 3 aliphatic heterocycles. The fraction of sp³-hybridized carbons (Fsp3) is 0.348. The van der Waals surface area contributed by atoms with Gasteiger partial charge in [-0.2, -0.15) is 13.2 Å². The molecule has 0 unspecified atom stereocenters. The van der Waals surface area contributed by atoms with Gasteiger partial charge in [-0.1, -0.05) is 6.07 Å². The van der Waals surface area contributed by atoms with Crippen LogP contribution in [-0.2, 0) is 22.2 Å². The van der Waals surface area contributed by atoms with Gasteiger partial charge in [-0.15, -0.1) is 0 Å². The number of nitro benzene ring substituents is 1. The number of hydrogen-bond acceptors (Lipinski definition) is 7. The van der Waals surface area contributed by atoms with Crippen LogP contribution >= 0.6 is 0 Å². The third-order valence-electron chi connectivity index (χ3n) is 7.05. The number of halogens is 3. The summed E-state index contributed by atoms with van der Waals surface area (Å²) in [5, 5.41) is 13.6. The highest BCUT2D eigenvalue weighted by atomic mass is 19.4. The molecule has 0 aliphatic carbocycles. The number of hydrogen-bond donors (Lipinski definition) is 1. The summed E-state index contributed by atoms with van der Waals surface area (Å²) < 4.78 is 40.0. The summed E-state index contributed by atoms with van der Waals surface area (Å²) in [7, 11) is 1.80. The largest absolute Gasteiger partial charge is 0.416 e. The van der Waals surface area contributed by atoms with Gasteiger partial charge in [-0.25, -0.2) is 9.69 Å². The molecule has 0 bridgehead atoms. The molecule has 2 atom stereocenters. The molecule has 1 spiro atoms. The number of alkyl halides is 3. The minimum Gasteiger partial charge on any atom is -0.364 e. The molecular formula is C23H20F3N5O5. The lowest BCUT2D eigenvalue weighted by molar-refractivity contribution is -0.384. The number of barbiturate groups is 1. The number of urea groups is 1. The van der Waals surface area contributed by atoms with Crippen LogP contribution in [0.1, 0.15) is 11.1 Å². The molecule has 13 heteroatoms. The number of carbonyl (C=O) groups is 3. The van der Waals surface area contributed by atoms with Crippen molar-refractivity contribution in [3.8, 4) is 0 Å². The highest BCUT2D eigenvalue weighted by Crippen LogP contribution is 2.47. The Balaban J connectivity index is 1.67. The summed E-state index contributed by atoms with van der Waals surface area (Å²) in [4.78, 5) is 55.4. The molecule has 0 radical (unpaired) electrons. The number of nitro groups is 1. The Morgan fingerprint density at radius 1 is 1.11 bits per heavy atom. The minimum absolute atomic E-state index is 0.231. The van der Waals surface area contributed by atoms with Gasteiger partial charge in [0.1, 0.15) is 0 Å². The maximum absolute atomic E-state index is 14.1. The Bertz CT molecular complexity index is 1320. The highest BCUT2D eigenvalue weighted by molar-refractivity contribution is 6.30. The molecule has 36 heavy (non-hydrogen) atoms. The number of imide groups is 2. The fourth-order valence-electron chi connectivity index (χ4n) is 5.31. The number of likely N-dealkylation sites (N-methyl/N-ethyl adjacent to an activating group) is 1. The van der Waals surface area contributed by atoms with Gasteiger partial charge in [0.05, 0.1) is 22.2 Å². The van der Waals surface area contributed by atoms with Crippen LogP contribution in [0.15, 0.2) is 42.5 Å². The van der Waals surface area contributed by atoms with E-state index in [0.717, 1.165) is 12.1 Å². The molecule has 3 aliphatic rings. The molecule has 10 nitrogen and oxygen atoms in total. The number of nitrogens with one attached hydrogen (secondary N) is 1. The number of anilines is 2. The van der Waals surface area contributed by atoms with Gasteiger partial charge in [-0.05, 0) is 36.9 Å². The van der Waals surface area contributed by atoms with Gasteiger partial charge in [0.25, 0.3) is 11.6 Å². The van der Waals surface area contributed by atoms with Crippen LogP contribution in [0, 0.1) is 15.5 Å². The average molecular weight is 503 g/mol. The fourth-order valence-corrected chi connectivity index (χ4v) is 5.31. The van der Waals surface area contributed by atoms with Crippen molar-refractivity contribution in [2.45, 2.75) is 18.6 Å². The third kappa shape index (κ3) is 3.49. The average Bonchev–Trinajstić information content (AvgIpc) is 2.81. The Hall–Kier alpha value is -4.00. The molecule has 0 saturated carbocycles. The molecule has 4 amide bonds. The summed E-state index contributed by atoms with van der Waals surface area (Å²) in [5.41, 5.74) is -2.53. The van der Waals surface area contributed by atoms with Crippen LogP contribution in [0.3, 0.4) is 0 Å². The smallest absolute Gasteiger partial charge is 0.364 e. The number of rotatable bonds is 2. The number of non-ortho nitro benzene ring substituents is 1. The minimum atomic E-state index is -4.72. The summed E-state index contributed by atoms with van der Waals surface area (Å²) in [6.45, 7) is 1.22. The van der Waals surface area contributed by atoms with Gasteiger partial charge >= 0.3 is 12.2 Å². The number of amides is 4. The van der Waals surface area contributed by atoms with E-state index in [-0.39, 0.29) is 24.3 Å². The summed E-state index contributed by atoms with van der Waals surface area (Å²) >= 11 is 0. The standard InChI is InChI=1S/C23H20F3N5O5/c1-28-7-8-29-17-6-5-16(31(35)36)9-13(17)11-22(18(29)12-28)19(32)27-21(34)30(20(22)33)15-4-2-3-14(10-15)23(24,25)26/h2-6,9-10,18H,7-8,11-12H2,1H3,(H,27,32,34)/t18-,22-/m0/s1. The predicted molar refractivity (Wildman–Crippen MR) is 120 cm³/mol. The lowest BCUT2D eigenvalue weighted by Crippen LogP contribution is -2.75. The van der Waals surface area contributed by atoms with Crippen LogP contribution < -0.4 is 15.1 Å². The van der Waals surface area contributed by atoms with Crippen LogP contribution in [0.2, 0.25) is 0 Å². The van der Waals surface area contributed by atoms with E-state index in [0.29, 0.717) is 35.3 Å². The van der Waals surface area contributed by atoms with Gasteiger partial charge in [0.2, 0.25) is 5.91 Å². The van der Waals surface area contributed by atoms with E-state index in [1.54, 1.807) is 13.1 Å². The molecule has 5 rings (SSSR count). The van der Waals surface area contributed by atoms with Crippen molar-refractivity contribution in [1.29, 1.82) is 0 Å². The van der Waals surface area contributed by atoms with E-state index in [1.807, 2.05) is 9.80 Å². The highest BCUT2D eigenvalue weighted by Gasteiger charge is 2.63. The Morgan fingerprint density at radius 3 is 2.56 bits per heavy atom. The first-order chi connectivity index (χ1) is 16.9. The monoisotopic (exact) mass is 503 g/mol. The Kier molecular flexibility index (Phi) is 5.28. The summed E-state index contributed by atoms with van der Waals surface area (Å²) in [6.07, 6.45) is -4.98. The van der Waals surface area contributed by atoms with E-state index in [2.05, 4.69) is 5.32 Å². The lowest BCUT2D eigenvalue weighted by atomic mass is 9.67. The van der Waals surface area contributed by atoms with Crippen molar-refractivity contribution in [3.05, 3.63) is 63.7 Å². The molecule has 2 aromatic carbocycles. The van der Waals surface area contributed by atoms with Crippen LogP contribution in [0.25, 0.3) is 0 Å². The summed E-state index contributed by atoms with van der Waals surface area (Å²) in [5.74, 6) is -1.86. The van der Waals surface area contributed by atoms with E-state index < -0.39 is 46.0 Å². The normalized spacial score (nSPS) is 24.4. The van der Waals surface area contributed by atoms with Gasteiger partial charge in [0, 0.05) is 43.9 Å². The molecule has 2 aromatic rings. The lowest BCUT2D eigenvalue weighted by Gasteiger charge is -2.54. The second-order valence-electron chi connectivity index (χ2n) is 9.14. The molecule has 0 aromatic heterocycles. The zero-order valence-corrected chi connectivity index (χ0v) is 18.9. The first-order valence-electron chi connectivity index (χ1n) is 11.0. The topological polar surface area (TPSA) is 116 Å². The van der Waals surface area contributed by atoms with E-state index >= 15 is 0 Å². The van der Waals surface area contributed by atoms with Crippen molar-refractivity contribution in [1.82, 2.24) is 10.2 Å². The number of benzene rings is 2.